The lowest BCUT2D eigenvalue weighted by atomic mass is 10.2. The minimum atomic E-state index is -0.0396. The summed E-state index contributed by atoms with van der Waals surface area (Å²) in [5.41, 5.74) is 0.712. The van der Waals surface area contributed by atoms with E-state index in [2.05, 4.69) is 27.9 Å². The lowest BCUT2D eigenvalue weighted by molar-refractivity contribution is -0.130. The van der Waals surface area contributed by atoms with E-state index in [4.69, 9.17) is 0 Å². The van der Waals surface area contributed by atoms with Crippen LogP contribution in [0.2, 0.25) is 0 Å². The fourth-order valence-electron chi connectivity index (χ4n) is 2.49. The summed E-state index contributed by atoms with van der Waals surface area (Å²) in [6, 6.07) is 7.54. The van der Waals surface area contributed by atoms with Crippen molar-refractivity contribution in [3.63, 3.8) is 0 Å². The number of likely N-dealkylation sites (tertiary alicyclic amines) is 1. The molecule has 0 atom stereocenters. The van der Waals surface area contributed by atoms with Crippen LogP contribution in [0.15, 0.2) is 24.3 Å². The Morgan fingerprint density at radius 3 is 2.86 bits per heavy atom. The van der Waals surface area contributed by atoms with Crippen molar-refractivity contribution in [2.45, 2.75) is 32.1 Å². The van der Waals surface area contributed by atoms with Gasteiger partial charge in [0.1, 0.15) is 0 Å². The third-order valence-corrected chi connectivity index (χ3v) is 4.62. The van der Waals surface area contributed by atoms with Gasteiger partial charge in [0, 0.05) is 29.6 Å². The van der Waals surface area contributed by atoms with Crippen LogP contribution in [0, 0.1) is 3.57 Å². The van der Waals surface area contributed by atoms with Gasteiger partial charge in [-0.05, 0) is 54.0 Å². The summed E-state index contributed by atoms with van der Waals surface area (Å²) in [7, 11) is 0. The second-order valence-electron chi connectivity index (χ2n) is 5.28. The van der Waals surface area contributed by atoms with Crippen molar-refractivity contribution in [1.82, 2.24) is 10.2 Å². The summed E-state index contributed by atoms with van der Waals surface area (Å²) in [6.07, 6.45) is 4.74. The van der Waals surface area contributed by atoms with Crippen LogP contribution in [0.4, 0.5) is 0 Å². The molecule has 4 nitrogen and oxygen atoms in total. The van der Waals surface area contributed by atoms with Gasteiger partial charge in [-0.2, -0.15) is 0 Å². The molecule has 2 amide bonds. The maximum atomic E-state index is 12.0. The van der Waals surface area contributed by atoms with Gasteiger partial charge in [0.05, 0.1) is 5.56 Å². The van der Waals surface area contributed by atoms with Crippen molar-refractivity contribution in [3.8, 4) is 0 Å². The second-order valence-corrected chi connectivity index (χ2v) is 6.44. The molecule has 0 spiro atoms. The van der Waals surface area contributed by atoms with Crippen LogP contribution < -0.4 is 5.32 Å². The van der Waals surface area contributed by atoms with Crippen molar-refractivity contribution >= 4 is 34.4 Å². The molecule has 1 aliphatic rings. The van der Waals surface area contributed by atoms with Crippen molar-refractivity contribution < 1.29 is 9.59 Å². The number of rotatable bonds is 5. The van der Waals surface area contributed by atoms with Crippen molar-refractivity contribution in [2.24, 2.45) is 0 Å². The number of halogens is 1. The largest absolute Gasteiger partial charge is 0.352 e. The first-order valence-corrected chi connectivity index (χ1v) is 8.57. The molecule has 21 heavy (non-hydrogen) atoms. The van der Waals surface area contributed by atoms with E-state index >= 15 is 0 Å². The van der Waals surface area contributed by atoms with Gasteiger partial charge in [0.2, 0.25) is 5.91 Å². The molecule has 114 valence electrons. The van der Waals surface area contributed by atoms with Crippen LogP contribution in [0.25, 0.3) is 0 Å². The number of amides is 2. The third kappa shape index (κ3) is 4.98. The number of hydrogen-bond acceptors (Lipinski definition) is 2. The van der Waals surface area contributed by atoms with E-state index in [1.807, 2.05) is 29.2 Å². The van der Waals surface area contributed by atoms with E-state index in [1.165, 1.54) is 0 Å². The number of benzene rings is 1. The van der Waals surface area contributed by atoms with Gasteiger partial charge < -0.3 is 10.2 Å². The topological polar surface area (TPSA) is 49.4 Å². The predicted molar refractivity (Wildman–Crippen MR) is 91.2 cm³/mol. The number of nitrogens with one attached hydrogen (secondary N) is 1. The molecule has 0 radical (unpaired) electrons. The first-order valence-electron chi connectivity index (χ1n) is 7.49. The summed E-state index contributed by atoms with van der Waals surface area (Å²) < 4.78 is 0.954. The molecule has 2 rings (SSSR count). The number of carbonyl (C=O) groups excluding carboxylic acids is 2. The Labute approximate surface area is 139 Å². The normalized spacial score (nSPS) is 15.7. The zero-order valence-electron chi connectivity index (χ0n) is 12.1. The Kier molecular flexibility index (Phi) is 6.48. The highest BCUT2D eigenvalue weighted by molar-refractivity contribution is 14.1. The van der Waals surface area contributed by atoms with Crippen molar-refractivity contribution in [2.75, 3.05) is 19.6 Å². The quantitative estimate of drug-likeness (QED) is 0.611. The molecule has 1 aliphatic heterocycles. The molecule has 0 bridgehead atoms. The summed E-state index contributed by atoms with van der Waals surface area (Å²) in [6.45, 7) is 2.21. The Morgan fingerprint density at radius 1 is 1.24 bits per heavy atom. The molecule has 1 heterocycles. The Morgan fingerprint density at radius 2 is 2.05 bits per heavy atom. The predicted octanol–water partition coefficient (Wildman–Crippen LogP) is 2.81. The molecule has 1 aromatic carbocycles. The lowest BCUT2D eigenvalue weighted by Crippen LogP contribution is -2.34. The van der Waals surface area contributed by atoms with Crippen LogP contribution in [0.3, 0.4) is 0 Å². The minimum Gasteiger partial charge on any atom is -0.352 e. The lowest BCUT2D eigenvalue weighted by Gasteiger charge is -2.20. The van der Waals surface area contributed by atoms with Gasteiger partial charge in [-0.25, -0.2) is 0 Å². The molecule has 1 fully saturated rings. The molecule has 0 unspecified atom stereocenters. The van der Waals surface area contributed by atoms with Gasteiger partial charge in [0.25, 0.3) is 5.91 Å². The molecule has 1 saturated heterocycles. The van der Waals surface area contributed by atoms with Gasteiger partial charge in [0.15, 0.2) is 0 Å². The average molecular weight is 400 g/mol. The summed E-state index contributed by atoms with van der Waals surface area (Å²) in [4.78, 5) is 25.8. The molecule has 1 aromatic rings. The molecule has 0 aromatic heterocycles. The second kappa shape index (κ2) is 8.36. The monoisotopic (exact) mass is 400 g/mol. The van der Waals surface area contributed by atoms with Crippen molar-refractivity contribution in [1.29, 1.82) is 0 Å². The fourth-order valence-corrected chi connectivity index (χ4v) is 3.12. The highest BCUT2D eigenvalue weighted by Crippen LogP contribution is 2.12. The van der Waals surface area contributed by atoms with E-state index in [0.29, 0.717) is 18.5 Å². The highest BCUT2D eigenvalue weighted by Gasteiger charge is 2.16. The Balaban J connectivity index is 1.73. The number of carbonyl (C=O) groups is 2. The third-order valence-electron chi connectivity index (χ3n) is 3.68. The van der Waals surface area contributed by atoms with E-state index in [1.54, 1.807) is 0 Å². The van der Waals surface area contributed by atoms with E-state index in [-0.39, 0.29) is 11.8 Å². The smallest absolute Gasteiger partial charge is 0.252 e. The molecule has 1 N–H and O–H groups in total. The van der Waals surface area contributed by atoms with Gasteiger partial charge in [-0.15, -0.1) is 0 Å². The van der Waals surface area contributed by atoms with Gasteiger partial charge in [-0.1, -0.05) is 18.6 Å². The molecule has 0 aliphatic carbocycles. The van der Waals surface area contributed by atoms with Gasteiger partial charge in [-0.3, -0.25) is 9.59 Å². The van der Waals surface area contributed by atoms with Crippen molar-refractivity contribution in [3.05, 3.63) is 33.4 Å². The zero-order valence-corrected chi connectivity index (χ0v) is 14.3. The average Bonchev–Trinajstić information content (AvgIpc) is 2.68. The fraction of sp³-hybridized carbons (Fsp3) is 0.500. The summed E-state index contributed by atoms with van der Waals surface area (Å²) in [5.74, 6) is 0.221. The highest BCUT2D eigenvalue weighted by atomic mass is 127. The molecule has 5 heteroatoms. The molecular weight excluding hydrogens is 379 g/mol. The SMILES string of the molecule is O=C(NCCCN1CCCCCC1=O)c1ccccc1I. The summed E-state index contributed by atoms with van der Waals surface area (Å²) in [5, 5.41) is 2.93. The first kappa shape index (κ1) is 16.3. The molecular formula is C16H21IN2O2. The Hall–Kier alpha value is -1.11. The maximum Gasteiger partial charge on any atom is 0.252 e. The standard InChI is InChI=1S/C16H21IN2O2/c17-14-8-4-3-7-13(14)16(21)18-10-6-12-19-11-5-1-2-9-15(19)20/h3-4,7-8H,1-2,5-6,9-12H2,(H,18,21). The first-order chi connectivity index (χ1) is 10.2. The van der Waals surface area contributed by atoms with E-state index in [9.17, 15) is 9.59 Å². The minimum absolute atomic E-state index is 0.0396. The maximum absolute atomic E-state index is 12.0. The van der Waals surface area contributed by atoms with Crippen LogP contribution in [-0.2, 0) is 4.79 Å². The van der Waals surface area contributed by atoms with Crippen LogP contribution in [0.5, 0.6) is 0 Å². The van der Waals surface area contributed by atoms with E-state index < -0.39 is 0 Å². The summed E-state index contributed by atoms with van der Waals surface area (Å²) >= 11 is 2.17. The Bertz CT molecular complexity index is 505. The van der Waals surface area contributed by atoms with Crippen LogP contribution in [0.1, 0.15) is 42.5 Å². The van der Waals surface area contributed by atoms with Crippen LogP contribution in [-0.4, -0.2) is 36.3 Å². The molecule has 0 saturated carbocycles. The van der Waals surface area contributed by atoms with E-state index in [0.717, 1.165) is 42.3 Å². The zero-order chi connectivity index (χ0) is 15.1. The number of nitrogens with zero attached hydrogens (tertiary/aromatic N) is 1. The van der Waals surface area contributed by atoms with Crippen LogP contribution >= 0.6 is 22.6 Å². The van der Waals surface area contributed by atoms with Gasteiger partial charge >= 0.3 is 0 Å². The number of hydrogen-bond donors (Lipinski definition) is 1.